The van der Waals surface area contributed by atoms with E-state index in [1.165, 1.54) is 16.7 Å². The van der Waals surface area contributed by atoms with Crippen LogP contribution in [0.1, 0.15) is 57.9 Å². The fraction of sp³-hybridized carbons (Fsp3) is 0.429. The number of amides is 2. The second kappa shape index (κ2) is 16.7. The number of carbonyl (C=O) groups excluding carboxylic acids is 2. The van der Waals surface area contributed by atoms with Crippen molar-refractivity contribution in [1.82, 2.24) is 10.2 Å². The summed E-state index contributed by atoms with van der Waals surface area (Å²) in [4.78, 5) is 30.7. The number of hydrogen-bond donors (Lipinski definition) is 1. The van der Waals surface area contributed by atoms with Crippen molar-refractivity contribution in [1.29, 1.82) is 0 Å². The number of para-hydroxylation sites is 2. The Bertz CT molecular complexity index is 1540. The topological polar surface area (TPSA) is 105 Å². The lowest BCUT2D eigenvalue weighted by molar-refractivity contribution is -0.140. The first-order valence-electron chi connectivity index (χ1n) is 15.8. The fourth-order valence-corrected chi connectivity index (χ4v) is 7.55. The zero-order chi connectivity index (χ0) is 33.1. The molecule has 3 aromatic rings. The third-order valence-corrected chi connectivity index (χ3v) is 10.7. The minimum absolute atomic E-state index is 0.0492. The molecule has 0 heterocycles. The number of anilines is 1. The summed E-state index contributed by atoms with van der Waals surface area (Å²) in [5.74, 6) is 0.275. The number of carbonyl (C=O) groups is 2. The minimum atomic E-state index is -4.23. The Morgan fingerprint density at radius 3 is 2.24 bits per heavy atom. The number of ether oxygens (including phenoxy) is 2. The fourth-order valence-electron chi connectivity index (χ4n) is 5.72. The zero-order valence-electron chi connectivity index (χ0n) is 27.1. The van der Waals surface area contributed by atoms with E-state index >= 15 is 0 Å². The molecule has 46 heavy (non-hydrogen) atoms. The van der Waals surface area contributed by atoms with Crippen molar-refractivity contribution in [2.45, 2.75) is 80.8 Å². The van der Waals surface area contributed by atoms with Crippen molar-refractivity contribution < 1.29 is 27.5 Å². The van der Waals surface area contributed by atoms with Crippen LogP contribution in [0.25, 0.3) is 0 Å². The van der Waals surface area contributed by atoms with E-state index in [1.54, 1.807) is 67.8 Å². The molecule has 1 fully saturated rings. The lowest BCUT2D eigenvalue weighted by atomic mass is 9.95. The first kappa shape index (κ1) is 35.2. The molecule has 9 nitrogen and oxygen atoms in total. The Balaban J connectivity index is 1.74. The number of benzene rings is 3. The molecule has 3 aromatic carbocycles. The third kappa shape index (κ3) is 8.76. The third-order valence-electron chi connectivity index (χ3n) is 8.21. The van der Waals surface area contributed by atoms with Gasteiger partial charge in [0.2, 0.25) is 11.8 Å². The molecule has 1 aliphatic rings. The lowest BCUT2D eigenvalue weighted by Gasteiger charge is -2.34. The molecule has 1 atom stereocenters. The zero-order valence-corrected chi connectivity index (χ0v) is 28.7. The number of methoxy groups -OCH3 is 1. The molecule has 0 spiro atoms. The predicted octanol–water partition coefficient (Wildman–Crippen LogP) is 6.27. The minimum Gasteiger partial charge on any atom is -0.497 e. The maximum atomic E-state index is 14.5. The number of thioether (sulfide) groups is 1. The van der Waals surface area contributed by atoms with E-state index in [2.05, 4.69) is 5.32 Å². The predicted molar refractivity (Wildman–Crippen MR) is 183 cm³/mol. The van der Waals surface area contributed by atoms with Crippen molar-refractivity contribution in [3.63, 3.8) is 0 Å². The first-order chi connectivity index (χ1) is 22.2. The highest BCUT2D eigenvalue weighted by molar-refractivity contribution is 7.98. The molecule has 0 aromatic heterocycles. The van der Waals surface area contributed by atoms with E-state index in [-0.39, 0.29) is 29.1 Å². The average Bonchev–Trinajstić information content (AvgIpc) is 3.08. The summed E-state index contributed by atoms with van der Waals surface area (Å²) in [5.41, 5.74) is 1.03. The number of nitrogens with zero attached hydrogens (tertiary/aromatic N) is 2. The maximum Gasteiger partial charge on any atom is 0.264 e. The maximum absolute atomic E-state index is 14.5. The van der Waals surface area contributed by atoms with Crippen LogP contribution in [-0.4, -0.2) is 63.7 Å². The van der Waals surface area contributed by atoms with Gasteiger partial charge in [0.15, 0.2) is 0 Å². The summed E-state index contributed by atoms with van der Waals surface area (Å²) in [5, 5.41) is 3.18. The Morgan fingerprint density at radius 2 is 1.63 bits per heavy atom. The highest BCUT2D eigenvalue weighted by atomic mass is 32.2. The van der Waals surface area contributed by atoms with Gasteiger partial charge in [0.05, 0.1) is 24.3 Å². The summed E-state index contributed by atoms with van der Waals surface area (Å²) in [6, 6.07) is 19.9. The largest absolute Gasteiger partial charge is 0.497 e. The molecule has 0 unspecified atom stereocenters. The van der Waals surface area contributed by atoms with E-state index in [9.17, 15) is 18.0 Å². The van der Waals surface area contributed by atoms with E-state index in [0.29, 0.717) is 24.5 Å². The molecule has 1 N–H and O–H groups in total. The summed E-state index contributed by atoms with van der Waals surface area (Å²) in [7, 11) is -2.65. The summed E-state index contributed by atoms with van der Waals surface area (Å²) in [6.45, 7) is 3.58. The second-order valence-electron chi connectivity index (χ2n) is 11.2. The molecule has 0 radical (unpaired) electrons. The van der Waals surface area contributed by atoms with Crippen molar-refractivity contribution >= 4 is 39.3 Å². The molecule has 4 rings (SSSR count). The van der Waals surface area contributed by atoms with E-state index in [1.807, 2.05) is 32.2 Å². The lowest BCUT2D eigenvalue weighted by Crippen LogP contribution is -2.54. The summed E-state index contributed by atoms with van der Waals surface area (Å²) >= 11 is 1.51. The molecule has 2 amide bonds. The van der Waals surface area contributed by atoms with Gasteiger partial charge in [-0.2, -0.15) is 0 Å². The van der Waals surface area contributed by atoms with Crippen LogP contribution < -0.4 is 19.1 Å². The highest BCUT2D eigenvalue weighted by Gasteiger charge is 2.35. The van der Waals surface area contributed by atoms with Crippen LogP contribution in [0.2, 0.25) is 0 Å². The monoisotopic (exact) mass is 667 g/mol. The second-order valence-corrected chi connectivity index (χ2v) is 14.0. The van der Waals surface area contributed by atoms with Crippen LogP contribution in [0.15, 0.2) is 82.6 Å². The SMILES string of the molecule is CCOc1ccccc1N(CC(=O)N(Cc1ccc(OC)cc1)[C@@H](CC)C(=O)NC1CCCCC1)S(=O)(=O)c1ccc(SC)cc1. The number of rotatable bonds is 15. The Morgan fingerprint density at radius 1 is 0.957 bits per heavy atom. The van der Waals surface area contributed by atoms with E-state index in [0.717, 1.165) is 46.9 Å². The molecule has 0 aliphatic heterocycles. The smallest absolute Gasteiger partial charge is 0.264 e. The van der Waals surface area contributed by atoms with Gasteiger partial charge in [-0.1, -0.05) is 50.5 Å². The van der Waals surface area contributed by atoms with Crippen LogP contribution in [-0.2, 0) is 26.2 Å². The van der Waals surface area contributed by atoms with Crippen molar-refractivity contribution in [2.75, 3.05) is 30.8 Å². The Hall–Kier alpha value is -3.70. The summed E-state index contributed by atoms with van der Waals surface area (Å²) in [6.07, 6.45) is 7.35. The number of sulfonamides is 1. The van der Waals surface area contributed by atoms with Gasteiger partial charge in [0, 0.05) is 17.5 Å². The van der Waals surface area contributed by atoms with E-state index in [4.69, 9.17) is 9.47 Å². The average molecular weight is 668 g/mol. The van der Waals surface area contributed by atoms with Gasteiger partial charge in [-0.15, -0.1) is 11.8 Å². The van der Waals surface area contributed by atoms with Crippen molar-refractivity contribution in [3.05, 3.63) is 78.4 Å². The van der Waals surface area contributed by atoms with Crippen LogP contribution in [0.5, 0.6) is 11.5 Å². The molecule has 0 saturated heterocycles. The molecule has 1 saturated carbocycles. The standard InChI is InChI=1S/C35H45N3O6S2/c1-5-31(35(40)36-27-12-8-7-9-13-27)37(24-26-16-18-28(43-3)19-17-26)34(39)25-38(32-14-10-11-15-33(32)44-6-2)46(41,42)30-22-20-29(45-4)21-23-30/h10-11,14-23,27,31H,5-9,12-13,24-25H2,1-4H3,(H,36,40)/t31-/m0/s1. The molecular weight excluding hydrogens is 623 g/mol. The van der Waals surface area contributed by atoms with Gasteiger partial charge in [-0.05, 0) is 86.5 Å². The van der Waals surface area contributed by atoms with Crippen LogP contribution >= 0.6 is 11.8 Å². The molecule has 11 heteroatoms. The normalized spacial score (nSPS) is 14.3. The molecule has 248 valence electrons. The van der Waals surface area contributed by atoms with Crippen LogP contribution in [0.3, 0.4) is 0 Å². The van der Waals surface area contributed by atoms with Gasteiger partial charge < -0.3 is 19.7 Å². The van der Waals surface area contributed by atoms with E-state index < -0.39 is 28.5 Å². The summed E-state index contributed by atoms with van der Waals surface area (Å²) < 4.78 is 40.9. The van der Waals surface area contributed by atoms with Gasteiger partial charge in [0.1, 0.15) is 24.1 Å². The molecule has 0 bridgehead atoms. The quantitative estimate of drug-likeness (QED) is 0.191. The highest BCUT2D eigenvalue weighted by Crippen LogP contribution is 2.33. The van der Waals surface area contributed by atoms with Crippen molar-refractivity contribution in [3.8, 4) is 11.5 Å². The van der Waals surface area contributed by atoms with Crippen molar-refractivity contribution in [2.24, 2.45) is 0 Å². The molecule has 1 aliphatic carbocycles. The first-order valence-corrected chi connectivity index (χ1v) is 18.5. The van der Waals surface area contributed by atoms with Gasteiger partial charge in [-0.3, -0.25) is 13.9 Å². The number of hydrogen-bond acceptors (Lipinski definition) is 7. The van der Waals surface area contributed by atoms with Gasteiger partial charge in [0.25, 0.3) is 10.0 Å². The van der Waals surface area contributed by atoms with Crippen LogP contribution in [0.4, 0.5) is 5.69 Å². The van der Waals surface area contributed by atoms with Gasteiger partial charge >= 0.3 is 0 Å². The Labute approximate surface area is 277 Å². The molecular formula is C35H45N3O6S2. The van der Waals surface area contributed by atoms with Crippen LogP contribution in [0, 0.1) is 0 Å². The number of nitrogens with one attached hydrogen (secondary N) is 1. The van der Waals surface area contributed by atoms with Gasteiger partial charge in [-0.25, -0.2) is 8.42 Å². The Kier molecular flexibility index (Phi) is 12.8.